The van der Waals surface area contributed by atoms with E-state index in [4.69, 9.17) is 28.3 Å². The molecule has 0 heterocycles. The molecule has 0 aliphatic heterocycles. The molecule has 2 N–H and O–H groups in total. The molecule has 0 aliphatic rings. The summed E-state index contributed by atoms with van der Waals surface area (Å²) < 4.78 is 26.9. The molecule has 114 valence electrons. The monoisotopic (exact) mass is 339 g/mol. The van der Waals surface area contributed by atoms with Gasteiger partial charge in [0.15, 0.2) is 0 Å². The van der Waals surface area contributed by atoms with Crippen LogP contribution in [0.25, 0.3) is 0 Å². The average Bonchev–Trinajstić information content (AvgIpc) is 2.29. The van der Waals surface area contributed by atoms with Crippen LogP contribution in [0.1, 0.15) is 32.8 Å². The summed E-state index contributed by atoms with van der Waals surface area (Å²) in [6.07, 6.45) is 0.692. The van der Waals surface area contributed by atoms with Gasteiger partial charge in [-0.05, 0) is 29.5 Å². The van der Waals surface area contributed by atoms with Gasteiger partial charge in [0.1, 0.15) is 4.90 Å². The molecule has 7 heteroatoms. The molecule has 0 amide bonds. The third kappa shape index (κ3) is 4.90. The fraction of sp³-hybridized carbons (Fsp3) is 0.538. The van der Waals surface area contributed by atoms with Gasteiger partial charge in [-0.15, -0.1) is 0 Å². The number of hydrogen-bond donors (Lipinski definition) is 2. The number of aliphatic hydroxyl groups is 1. The third-order valence-electron chi connectivity index (χ3n) is 2.71. The van der Waals surface area contributed by atoms with Crippen molar-refractivity contribution < 1.29 is 13.5 Å². The van der Waals surface area contributed by atoms with Crippen LogP contribution in [-0.2, 0) is 16.6 Å². The Morgan fingerprint density at radius 2 is 1.85 bits per heavy atom. The van der Waals surface area contributed by atoms with E-state index < -0.39 is 10.0 Å². The Morgan fingerprint density at radius 3 is 2.35 bits per heavy atom. The Kier molecular flexibility index (Phi) is 5.87. The number of halogens is 2. The van der Waals surface area contributed by atoms with Gasteiger partial charge in [-0.1, -0.05) is 44.0 Å². The highest BCUT2D eigenvalue weighted by Crippen LogP contribution is 2.29. The van der Waals surface area contributed by atoms with Gasteiger partial charge in [-0.3, -0.25) is 0 Å². The second-order valence-corrected chi connectivity index (χ2v) is 8.29. The van der Waals surface area contributed by atoms with Gasteiger partial charge in [0.05, 0.1) is 11.6 Å². The molecule has 1 aromatic rings. The van der Waals surface area contributed by atoms with Crippen molar-refractivity contribution in [3.63, 3.8) is 0 Å². The molecule has 0 radical (unpaired) electrons. The van der Waals surface area contributed by atoms with Crippen molar-refractivity contribution in [1.82, 2.24) is 4.72 Å². The lowest BCUT2D eigenvalue weighted by molar-refractivity contribution is 0.281. The molecule has 1 rings (SSSR count). The zero-order valence-corrected chi connectivity index (χ0v) is 14.0. The average molecular weight is 340 g/mol. The molecule has 0 bridgehead atoms. The van der Waals surface area contributed by atoms with Gasteiger partial charge < -0.3 is 5.11 Å². The zero-order chi connectivity index (χ0) is 15.6. The number of hydrogen-bond acceptors (Lipinski definition) is 3. The van der Waals surface area contributed by atoms with Crippen molar-refractivity contribution in [3.8, 4) is 0 Å². The van der Waals surface area contributed by atoms with E-state index in [0.29, 0.717) is 13.0 Å². The van der Waals surface area contributed by atoms with E-state index in [1.807, 2.05) is 20.8 Å². The van der Waals surface area contributed by atoms with Gasteiger partial charge in [0.25, 0.3) is 0 Å². The summed E-state index contributed by atoms with van der Waals surface area (Å²) in [5, 5.41) is 9.37. The molecule has 0 atom stereocenters. The molecule has 0 aromatic heterocycles. The number of benzene rings is 1. The summed E-state index contributed by atoms with van der Waals surface area (Å²) in [5.74, 6) is 0. The predicted molar refractivity (Wildman–Crippen MR) is 81.6 cm³/mol. The first-order valence-electron chi connectivity index (χ1n) is 6.15. The molecule has 0 spiro atoms. The lowest BCUT2D eigenvalue weighted by Gasteiger charge is -2.18. The molecule has 0 unspecified atom stereocenters. The summed E-state index contributed by atoms with van der Waals surface area (Å²) in [4.78, 5) is -0.107. The normalized spacial score (nSPS) is 12.7. The van der Waals surface area contributed by atoms with Crippen molar-refractivity contribution in [2.75, 3.05) is 6.54 Å². The Balaban J connectivity index is 3.01. The molecule has 0 aliphatic carbocycles. The fourth-order valence-corrected chi connectivity index (χ4v) is 3.52. The van der Waals surface area contributed by atoms with Crippen molar-refractivity contribution in [2.45, 2.75) is 38.7 Å². The van der Waals surface area contributed by atoms with Crippen molar-refractivity contribution >= 4 is 33.2 Å². The second-order valence-electron chi connectivity index (χ2n) is 5.74. The van der Waals surface area contributed by atoms with Crippen LogP contribution < -0.4 is 4.72 Å². The van der Waals surface area contributed by atoms with Gasteiger partial charge in [-0.25, -0.2) is 13.1 Å². The van der Waals surface area contributed by atoms with Crippen LogP contribution in [0.3, 0.4) is 0 Å². The lowest BCUT2D eigenvalue weighted by atomic mass is 9.93. The van der Waals surface area contributed by atoms with Crippen molar-refractivity contribution in [3.05, 3.63) is 27.7 Å². The SMILES string of the molecule is CC(C)(C)CCNS(=O)(=O)c1cc(Cl)cc(CO)c1Cl. The molecule has 0 fully saturated rings. The van der Waals surface area contributed by atoms with E-state index in [0.717, 1.165) is 0 Å². The Morgan fingerprint density at radius 1 is 1.25 bits per heavy atom. The summed E-state index contributed by atoms with van der Waals surface area (Å²) >= 11 is 11.8. The zero-order valence-electron chi connectivity index (χ0n) is 11.7. The number of aliphatic hydroxyl groups excluding tert-OH is 1. The summed E-state index contributed by atoms with van der Waals surface area (Å²) in [7, 11) is -3.75. The van der Waals surface area contributed by atoms with Gasteiger partial charge >= 0.3 is 0 Å². The van der Waals surface area contributed by atoms with E-state index in [-0.39, 0.29) is 32.5 Å². The first kappa shape index (κ1) is 17.7. The number of sulfonamides is 1. The van der Waals surface area contributed by atoms with Crippen molar-refractivity contribution in [2.24, 2.45) is 5.41 Å². The number of nitrogens with one attached hydrogen (secondary N) is 1. The Bertz CT molecular complexity index is 580. The minimum absolute atomic E-state index is 0.000147. The van der Waals surface area contributed by atoms with E-state index in [1.54, 1.807) is 0 Å². The fourth-order valence-electron chi connectivity index (χ4n) is 1.57. The smallest absolute Gasteiger partial charge is 0.242 e. The van der Waals surface area contributed by atoms with Gasteiger partial charge in [0.2, 0.25) is 10.0 Å². The standard InChI is InChI=1S/C13H19Cl2NO3S/c1-13(2,3)4-5-16-20(18,19)11-7-10(14)6-9(8-17)12(11)15/h6-7,16-17H,4-5,8H2,1-3H3. The van der Waals surface area contributed by atoms with Crippen molar-refractivity contribution in [1.29, 1.82) is 0 Å². The van der Waals surface area contributed by atoms with E-state index in [2.05, 4.69) is 4.72 Å². The largest absolute Gasteiger partial charge is 0.392 e. The van der Waals surface area contributed by atoms with Crippen LogP contribution in [0.15, 0.2) is 17.0 Å². The highest BCUT2D eigenvalue weighted by molar-refractivity contribution is 7.89. The molecule has 0 saturated carbocycles. The maximum atomic E-state index is 12.2. The summed E-state index contributed by atoms with van der Waals surface area (Å²) in [6, 6.07) is 2.72. The van der Waals surface area contributed by atoms with Gasteiger partial charge in [0, 0.05) is 11.6 Å². The molecule has 1 aromatic carbocycles. The summed E-state index contributed by atoms with van der Waals surface area (Å²) in [5.41, 5.74) is 0.312. The Labute approximate surface area is 130 Å². The first-order valence-corrected chi connectivity index (χ1v) is 8.39. The minimum atomic E-state index is -3.75. The van der Waals surface area contributed by atoms with E-state index in [9.17, 15) is 8.42 Å². The quantitative estimate of drug-likeness (QED) is 0.865. The maximum Gasteiger partial charge on any atom is 0.242 e. The lowest BCUT2D eigenvalue weighted by Crippen LogP contribution is -2.27. The first-order chi connectivity index (χ1) is 9.07. The third-order valence-corrected chi connectivity index (χ3v) is 4.97. The van der Waals surface area contributed by atoms with Crippen LogP contribution in [0.2, 0.25) is 10.0 Å². The van der Waals surface area contributed by atoms with Crippen LogP contribution in [0, 0.1) is 5.41 Å². The maximum absolute atomic E-state index is 12.2. The van der Waals surface area contributed by atoms with Gasteiger partial charge in [-0.2, -0.15) is 0 Å². The van der Waals surface area contributed by atoms with E-state index >= 15 is 0 Å². The molecule has 0 saturated heterocycles. The van der Waals surface area contributed by atoms with Crippen LogP contribution in [0.4, 0.5) is 0 Å². The van der Waals surface area contributed by atoms with Crippen LogP contribution >= 0.6 is 23.2 Å². The molecule has 4 nitrogen and oxygen atoms in total. The van der Waals surface area contributed by atoms with E-state index in [1.165, 1.54) is 12.1 Å². The highest BCUT2D eigenvalue weighted by atomic mass is 35.5. The molecular weight excluding hydrogens is 321 g/mol. The molecular formula is C13H19Cl2NO3S. The topological polar surface area (TPSA) is 66.4 Å². The minimum Gasteiger partial charge on any atom is -0.392 e. The van der Waals surface area contributed by atoms with Crippen LogP contribution in [-0.4, -0.2) is 20.1 Å². The molecule has 20 heavy (non-hydrogen) atoms. The highest BCUT2D eigenvalue weighted by Gasteiger charge is 2.21. The number of rotatable bonds is 5. The summed E-state index contributed by atoms with van der Waals surface area (Å²) in [6.45, 7) is 6.01. The Hall–Kier alpha value is -0.330. The predicted octanol–water partition coefficient (Wildman–Crippen LogP) is 3.20. The second kappa shape index (κ2) is 6.62. The van der Waals surface area contributed by atoms with Crippen LogP contribution in [0.5, 0.6) is 0 Å².